The highest BCUT2D eigenvalue weighted by Crippen LogP contribution is 2.22. The first-order valence-corrected chi connectivity index (χ1v) is 7.04. The SMILES string of the molecule is CC.CO.CO.O=CCc1ncc(-c2ccc(F)c(F)c2)cc1F. The van der Waals surface area contributed by atoms with Gasteiger partial charge in [0.05, 0.1) is 5.69 Å². The monoisotopic (exact) mass is 345 g/mol. The molecule has 0 aliphatic carbocycles. The molecule has 0 amide bonds. The molecule has 0 unspecified atom stereocenters. The highest BCUT2D eigenvalue weighted by molar-refractivity contribution is 5.63. The van der Waals surface area contributed by atoms with E-state index >= 15 is 0 Å². The fourth-order valence-corrected chi connectivity index (χ4v) is 1.53. The summed E-state index contributed by atoms with van der Waals surface area (Å²) in [6.07, 6.45) is 1.74. The third kappa shape index (κ3) is 7.34. The number of nitrogens with zero attached hydrogens (tertiary/aromatic N) is 1. The van der Waals surface area contributed by atoms with Crippen LogP contribution in [0.3, 0.4) is 0 Å². The standard InChI is InChI=1S/C13H8F3NO.C2H6.2CH4O/c14-10-2-1-8(5-11(10)15)9-6-12(16)13(3-4-18)17-7-9;3*1-2/h1-2,4-7H,3H2;1-2H3;2*2H,1H3. The molecule has 2 N–H and O–H groups in total. The molecule has 24 heavy (non-hydrogen) atoms. The van der Waals surface area contributed by atoms with Crippen LogP contribution >= 0.6 is 0 Å². The van der Waals surface area contributed by atoms with Crippen molar-refractivity contribution in [3.8, 4) is 11.1 Å². The molecule has 7 heteroatoms. The zero-order chi connectivity index (χ0) is 19.1. The van der Waals surface area contributed by atoms with Crippen LogP contribution in [0.25, 0.3) is 11.1 Å². The number of carbonyl (C=O) groups is 1. The molecule has 0 aliphatic rings. The Kier molecular flexibility index (Phi) is 14.4. The minimum atomic E-state index is -1.01. The summed E-state index contributed by atoms with van der Waals surface area (Å²) in [6.45, 7) is 4.00. The third-order valence-electron chi connectivity index (χ3n) is 2.45. The maximum atomic E-state index is 13.5. The molecule has 1 heterocycles. The Labute approximate surface area is 139 Å². The van der Waals surface area contributed by atoms with Crippen LogP contribution in [-0.4, -0.2) is 35.7 Å². The molecule has 1 aromatic carbocycles. The van der Waals surface area contributed by atoms with Crippen molar-refractivity contribution in [2.24, 2.45) is 0 Å². The maximum absolute atomic E-state index is 13.5. The second kappa shape index (κ2) is 14.3. The molecule has 0 spiro atoms. The van der Waals surface area contributed by atoms with Gasteiger partial charge in [-0.2, -0.15) is 0 Å². The van der Waals surface area contributed by atoms with E-state index in [1.165, 1.54) is 12.3 Å². The Morgan fingerprint density at radius 2 is 1.46 bits per heavy atom. The number of hydrogen-bond donors (Lipinski definition) is 2. The van der Waals surface area contributed by atoms with Crippen molar-refractivity contribution >= 4 is 6.29 Å². The van der Waals surface area contributed by atoms with Gasteiger partial charge in [-0.1, -0.05) is 19.9 Å². The average Bonchev–Trinajstić information content (AvgIpc) is 2.64. The Balaban J connectivity index is 0. The van der Waals surface area contributed by atoms with Crippen LogP contribution in [-0.2, 0) is 11.2 Å². The van der Waals surface area contributed by atoms with Crippen LogP contribution in [0.2, 0.25) is 0 Å². The van der Waals surface area contributed by atoms with Gasteiger partial charge in [-0.3, -0.25) is 4.98 Å². The van der Waals surface area contributed by atoms with Gasteiger partial charge in [0, 0.05) is 32.4 Å². The molecule has 0 aliphatic heterocycles. The molecular formula is C17H22F3NO3. The molecule has 0 radical (unpaired) electrons. The minimum absolute atomic E-state index is 0.0244. The fourth-order valence-electron chi connectivity index (χ4n) is 1.53. The van der Waals surface area contributed by atoms with Gasteiger partial charge in [-0.05, 0) is 23.8 Å². The molecule has 2 rings (SSSR count). The number of rotatable bonds is 3. The van der Waals surface area contributed by atoms with Gasteiger partial charge in [0.15, 0.2) is 11.6 Å². The van der Waals surface area contributed by atoms with E-state index in [9.17, 15) is 18.0 Å². The number of aliphatic hydroxyl groups is 2. The van der Waals surface area contributed by atoms with E-state index < -0.39 is 17.5 Å². The summed E-state index contributed by atoms with van der Waals surface area (Å²) >= 11 is 0. The number of benzene rings is 1. The molecular weight excluding hydrogens is 323 g/mol. The van der Waals surface area contributed by atoms with E-state index in [0.29, 0.717) is 17.4 Å². The molecule has 0 saturated heterocycles. The van der Waals surface area contributed by atoms with Gasteiger partial charge in [0.2, 0.25) is 0 Å². The predicted octanol–water partition coefficient (Wildman–Crippen LogP) is 3.15. The van der Waals surface area contributed by atoms with E-state index in [1.54, 1.807) is 0 Å². The van der Waals surface area contributed by atoms with Crippen LogP contribution in [0.5, 0.6) is 0 Å². The van der Waals surface area contributed by atoms with Crippen LogP contribution in [0.1, 0.15) is 19.5 Å². The molecule has 1 aromatic heterocycles. The number of pyridine rings is 1. The van der Waals surface area contributed by atoms with Crippen molar-refractivity contribution in [3.63, 3.8) is 0 Å². The molecule has 0 fully saturated rings. The Hall–Kier alpha value is -2.25. The average molecular weight is 345 g/mol. The largest absolute Gasteiger partial charge is 0.400 e. The number of aromatic nitrogens is 1. The smallest absolute Gasteiger partial charge is 0.159 e. The first-order chi connectivity index (χ1) is 11.6. The molecule has 0 saturated carbocycles. The summed E-state index contributed by atoms with van der Waals surface area (Å²) in [7, 11) is 2.00. The van der Waals surface area contributed by atoms with Gasteiger partial charge in [0.1, 0.15) is 12.1 Å². The van der Waals surface area contributed by atoms with Crippen molar-refractivity contribution in [3.05, 3.63) is 53.6 Å². The number of aldehydes is 1. The first-order valence-electron chi connectivity index (χ1n) is 7.04. The Morgan fingerprint density at radius 3 is 1.92 bits per heavy atom. The maximum Gasteiger partial charge on any atom is 0.159 e. The fraction of sp³-hybridized carbons (Fsp3) is 0.294. The number of aliphatic hydroxyl groups excluding tert-OH is 2. The lowest BCUT2D eigenvalue weighted by Gasteiger charge is -2.04. The minimum Gasteiger partial charge on any atom is -0.400 e. The summed E-state index contributed by atoms with van der Waals surface area (Å²) < 4.78 is 39.3. The molecule has 0 atom stereocenters. The lowest BCUT2D eigenvalue weighted by atomic mass is 10.1. The predicted molar refractivity (Wildman–Crippen MR) is 86.9 cm³/mol. The van der Waals surface area contributed by atoms with Gasteiger partial charge in [0.25, 0.3) is 0 Å². The summed E-state index contributed by atoms with van der Waals surface area (Å²) in [6, 6.07) is 4.39. The molecule has 0 bridgehead atoms. The van der Waals surface area contributed by atoms with E-state index in [2.05, 4.69) is 4.98 Å². The van der Waals surface area contributed by atoms with Gasteiger partial charge in [-0.25, -0.2) is 13.2 Å². The van der Waals surface area contributed by atoms with Crippen LogP contribution in [0.4, 0.5) is 13.2 Å². The molecule has 4 nitrogen and oxygen atoms in total. The van der Waals surface area contributed by atoms with Crippen LogP contribution in [0, 0.1) is 17.5 Å². The summed E-state index contributed by atoms with van der Waals surface area (Å²) in [5.74, 6) is -2.63. The Morgan fingerprint density at radius 1 is 0.917 bits per heavy atom. The Bertz CT molecular complexity index is 608. The van der Waals surface area contributed by atoms with Gasteiger partial charge < -0.3 is 15.0 Å². The summed E-state index contributed by atoms with van der Waals surface area (Å²) in [5, 5.41) is 14.0. The zero-order valence-corrected chi connectivity index (χ0v) is 14.1. The zero-order valence-electron chi connectivity index (χ0n) is 14.1. The van der Waals surface area contributed by atoms with E-state index in [-0.39, 0.29) is 12.1 Å². The van der Waals surface area contributed by atoms with Crippen molar-refractivity contribution in [1.29, 1.82) is 0 Å². The normalized spacial score (nSPS) is 8.54. The van der Waals surface area contributed by atoms with Crippen molar-refractivity contribution in [2.75, 3.05) is 14.2 Å². The van der Waals surface area contributed by atoms with E-state index in [0.717, 1.165) is 32.4 Å². The molecule has 134 valence electrons. The number of hydrogen-bond acceptors (Lipinski definition) is 4. The van der Waals surface area contributed by atoms with Crippen LogP contribution < -0.4 is 0 Å². The van der Waals surface area contributed by atoms with E-state index in [4.69, 9.17) is 10.2 Å². The molecule has 2 aromatic rings. The highest BCUT2D eigenvalue weighted by atomic mass is 19.2. The third-order valence-corrected chi connectivity index (χ3v) is 2.45. The number of carbonyl (C=O) groups excluding carboxylic acids is 1. The topological polar surface area (TPSA) is 70.4 Å². The van der Waals surface area contributed by atoms with Gasteiger partial charge >= 0.3 is 0 Å². The van der Waals surface area contributed by atoms with Gasteiger partial charge in [-0.15, -0.1) is 0 Å². The quantitative estimate of drug-likeness (QED) is 0.839. The summed E-state index contributed by atoms with van der Waals surface area (Å²) in [4.78, 5) is 14.0. The summed E-state index contributed by atoms with van der Waals surface area (Å²) in [5.41, 5.74) is 0.662. The van der Waals surface area contributed by atoms with Crippen molar-refractivity contribution in [1.82, 2.24) is 4.98 Å². The lowest BCUT2D eigenvalue weighted by Crippen LogP contribution is -1.97. The highest BCUT2D eigenvalue weighted by Gasteiger charge is 2.08. The van der Waals surface area contributed by atoms with Crippen molar-refractivity contribution in [2.45, 2.75) is 20.3 Å². The first kappa shape index (κ1) is 24.0. The number of halogens is 3. The second-order valence-electron chi connectivity index (χ2n) is 3.65. The van der Waals surface area contributed by atoms with E-state index in [1.807, 2.05) is 13.8 Å². The second-order valence-corrected chi connectivity index (χ2v) is 3.65. The lowest BCUT2D eigenvalue weighted by molar-refractivity contribution is -0.107. The van der Waals surface area contributed by atoms with Crippen LogP contribution in [0.15, 0.2) is 30.5 Å². The van der Waals surface area contributed by atoms with Crippen molar-refractivity contribution < 1.29 is 28.2 Å².